The second kappa shape index (κ2) is 12.7. The van der Waals surface area contributed by atoms with Gasteiger partial charge in [-0.05, 0) is 82.4 Å². The highest BCUT2D eigenvalue weighted by Gasteiger charge is 2.20. The lowest BCUT2D eigenvalue weighted by molar-refractivity contribution is 1.18. The van der Waals surface area contributed by atoms with Crippen LogP contribution in [0.25, 0.3) is 109 Å². The first-order valence-electron chi connectivity index (χ1n) is 19.5. The van der Waals surface area contributed by atoms with Gasteiger partial charge in [-0.3, -0.25) is 0 Å². The van der Waals surface area contributed by atoms with E-state index in [1.807, 2.05) is 11.3 Å². The fraction of sp³-hybridized carbons (Fsp3) is 0. The Labute approximate surface area is 333 Å². The number of benzene rings is 9. The zero-order valence-electron chi connectivity index (χ0n) is 30.9. The van der Waals surface area contributed by atoms with E-state index >= 15 is 0 Å². The molecule has 12 aromatic rings. The summed E-state index contributed by atoms with van der Waals surface area (Å²) in [6.45, 7) is 0. The molecule has 3 heteroatoms. The van der Waals surface area contributed by atoms with Gasteiger partial charge >= 0.3 is 0 Å². The fourth-order valence-electron chi connectivity index (χ4n) is 9.12. The normalized spacial score (nSPS) is 11.9. The number of hydrogen-bond donors (Lipinski definition) is 0. The molecule has 0 atom stereocenters. The van der Waals surface area contributed by atoms with Crippen LogP contribution in [0.5, 0.6) is 0 Å². The van der Waals surface area contributed by atoms with Crippen LogP contribution in [0.15, 0.2) is 206 Å². The van der Waals surface area contributed by atoms with Crippen molar-refractivity contribution in [2.75, 3.05) is 0 Å². The van der Waals surface area contributed by atoms with Crippen molar-refractivity contribution in [1.29, 1.82) is 0 Å². The van der Waals surface area contributed by atoms with Crippen LogP contribution >= 0.6 is 11.3 Å². The minimum atomic E-state index is 1.17. The Kier molecular flexibility index (Phi) is 7.13. The highest BCUT2D eigenvalue weighted by molar-refractivity contribution is 7.26. The van der Waals surface area contributed by atoms with E-state index in [9.17, 15) is 0 Å². The molecule has 0 amide bonds. The number of thiophene rings is 1. The Morgan fingerprint density at radius 2 is 0.807 bits per heavy atom. The molecule has 9 aromatic carbocycles. The van der Waals surface area contributed by atoms with Gasteiger partial charge in [0, 0.05) is 42.6 Å². The molecule has 0 radical (unpaired) electrons. The number of fused-ring (bicyclic) bond motifs is 9. The molecule has 2 nitrogen and oxygen atoms in total. The molecule has 0 N–H and O–H groups in total. The molecule has 0 fully saturated rings. The van der Waals surface area contributed by atoms with Crippen LogP contribution in [-0.4, -0.2) is 9.13 Å². The average molecular weight is 743 g/mol. The molecule has 0 bridgehead atoms. The molecule has 0 unspecified atom stereocenters. The summed E-state index contributed by atoms with van der Waals surface area (Å²) in [6, 6.07) is 75.6. The third kappa shape index (κ3) is 4.96. The van der Waals surface area contributed by atoms with Gasteiger partial charge in [-0.25, -0.2) is 0 Å². The average Bonchev–Trinajstić information content (AvgIpc) is 3.94. The molecule has 3 heterocycles. The van der Waals surface area contributed by atoms with Crippen LogP contribution in [0.2, 0.25) is 0 Å². The monoisotopic (exact) mass is 742 g/mol. The lowest BCUT2D eigenvalue weighted by Gasteiger charge is -2.14. The van der Waals surface area contributed by atoms with E-state index in [-0.39, 0.29) is 0 Å². The Hall–Kier alpha value is -7.20. The Morgan fingerprint density at radius 3 is 1.58 bits per heavy atom. The third-order valence-electron chi connectivity index (χ3n) is 11.7. The van der Waals surface area contributed by atoms with Crippen molar-refractivity contribution in [1.82, 2.24) is 9.13 Å². The lowest BCUT2D eigenvalue weighted by Crippen LogP contribution is -1.97. The molecule has 0 aliphatic carbocycles. The maximum Gasteiger partial charge on any atom is 0.0640 e. The maximum atomic E-state index is 2.47. The van der Waals surface area contributed by atoms with E-state index in [1.54, 1.807) is 0 Å². The first-order chi connectivity index (χ1) is 28.3. The molecular weight excluding hydrogens is 709 g/mol. The van der Waals surface area contributed by atoms with E-state index < -0.39 is 0 Å². The summed E-state index contributed by atoms with van der Waals surface area (Å²) in [5, 5.41) is 7.63. The van der Waals surface area contributed by atoms with Gasteiger partial charge in [-0.1, -0.05) is 152 Å². The summed E-state index contributed by atoms with van der Waals surface area (Å²) in [6.07, 6.45) is 0. The highest BCUT2D eigenvalue weighted by Crippen LogP contribution is 2.43. The van der Waals surface area contributed by atoms with Gasteiger partial charge in [0.15, 0.2) is 0 Å². The van der Waals surface area contributed by atoms with Crippen LogP contribution < -0.4 is 0 Å². The number of hydrogen-bond acceptors (Lipinski definition) is 1. The van der Waals surface area contributed by atoms with Crippen molar-refractivity contribution in [2.24, 2.45) is 0 Å². The van der Waals surface area contributed by atoms with Crippen molar-refractivity contribution < 1.29 is 0 Å². The third-order valence-corrected chi connectivity index (χ3v) is 12.9. The van der Waals surface area contributed by atoms with Crippen molar-refractivity contribution in [2.45, 2.75) is 0 Å². The van der Waals surface area contributed by atoms with Gasteiger partial charge in [0.1, 0.15) is 0 Å². The first-order valence-corrected chi connectivity index (χ1v) is 20.3. The predicted octanol–water partition coefficient (Wildman–Crippen LogP) is 15.2. The van der Waals surface area contributed by atoms with Crippen LogP contribution in [0.4, 0.5) is 0 Å². The van der Waals surface area contributed by atoms with Crippen LogP contribution in [0.1, 0.15) is 0 Å². The van der Waals surface area contributed by atoms with Gasteiger partial charge in [0.2, 0.25) is 0 Å². The van der Waals surface area contributed by atoms with Crippen LogP contribution in [0.3, 0.4) is 0 Å². The topological polar surface area (TPSA) is 9.86 Å². The van der Waals surface area contributed by atoms with E-state index in [0.717, 1.165) is 0 Å². The summed E-state index contributed by atoms with van der Waals surface area (Å²) in [7, 11) is 0. The Bertz CT molecular complexity index is 3510. The fourth-order valence-corrected chi connectivity index (χ4v) is 10.3. The lowest BCUT2D eigenvalue weighted by atomic mass is 9.99. The van der Waals surface area contributed by atoms with Crippen LogP contribution in [0, 0.1) is 0 Å². The number of rotatable bonds is 5. The largest absolute Gasteiger partial charge is 0.309 e. The molecular formula is C54H34N2S. The molecule has 0 aliphatic heterocycles. The molecule has 0 saturated carbocycles. The summed E-state index contributed by atoms with van der Waals surface area (Å²) >= 11 is 1.88. The van der Waals surface area contributed by atoms with Gasteiger partial charge in [-0.2, -0.15) is 0 Å². The van der Waals surface area contributed by atoms with Gasteiger partial charge in [-0.15, -0.1) is 11.3 Å². The summed E-state index contributed by atoms with van der Waals surface area (Å²) in [4.78, 5) is 0. The van der Waals surface area contributed by atoms with Gasteiger partial charge in [0.05, 0.1) is 38.1 Å². The van der Waals surface area contributed by atoms with Crippen LogP contribution in [-0.2, 0) is 0 Å². The quantitative estimate of drug-likeness (QED) is 0.166. The summed E-state index contributed by atoms with van der Waals surface area (Å²) < 4.78 is 7.57. The zero-order valence-corrected chi connectivity index (χ0v) is 31.7. The summed E-state index contributed by atoms with van der Waals surface area (Å²) in [5.74, 6) is 0. The number of para-hydroxylation sites is 2. The SMILES string of the molecule is c1ccc(-c2ccc3c4cc(-c5ccc6c(c5)c5ccccc5n6-c5cccc6c5sc5ccccc56)ccc4n(-c4ccccc4-c4ccccc4)c3c2)cc1. The molecule has 0 spiro atoms. The minimum absolute atomic E-state index is 1.17. The molecule has 57 heavy (non-hydrogen) atoms. The molecule has 0 aliphatic rings. The van der Waals surface area contributed by atoms with E-state index in [4.69, 9.17) is 0 Å². The molecule has 266 valence electrons. The Balaban J connectivity index is 1.07. The first kappa shape index (κ1) is 32.1. The predicted molar refractivity (Wildman–Crippen MR) is 244 cm³/mol. The number of nitrogens with zero attached hydrogens (tertiary/aromatic N) is 2. The van der Waals surface area contributed by atoms with Crippen molar-refractivity contribution in [3.8, 4) is 44.8 Å². The maximum absolute atomic E-state index is 2.47. The van der Waals surface area contributed by atoms with Gasteiger partial charge in [0.25, 0.3) is 0 Å². The second-order valence-electron chi connectivity index (χ2n) is 14.9. The van der Waals surface area contributed by atoms with Gasteiger partial charge < -0.3 is 9.13 Å². The van der Waals surface area contributed by atoms with E-state index in [1.165, 1.54) is 109 Å². The van der Waals surface area contributed by atoms with Crippen molar-refractivity contribution >= 4 is 75.1 Å². The molecule has 12 rings (SSSR count). The van der Waals surface area contributed by atoms with E-state index in [2.05, 4.69) is 215 Å². The minimum Gasteiger partial charge on any atom is -0.309 e. The van der Waals surface area contributed by atoms with Crippen molar-refractivity contribution in [3.63, 3.8) is 0 Å². The number of aromatic nitrogens is 2. The second-order valence-corrected chi connectivity index (χ2v) is 15.9. The standard InChI is InChI=1S/C54H34N2S/c1-3-14-35(15-4-1)39-26-29-42-46-33-38(28-31-50(46)56(52(42)34-39)47-22-10-7-18-40(47)36-16-5-2-6-17-36)37-27-30-49-45(32-37)41-19-8-11-23-48(41)55(49)51-24-13-21-44-43-20-9-12-25-53(43)57-54(44)51/h1-34H. The molecule has 0 saturated heterocycles. The van der Waals surface area contributed by atoms with Crippen molar-refractivity contribution in [3.05, 3.63) is 206 Å². The smallest absolute Gasteiger partial charge is 0.0640 e. The molecule has 3 aromatic heterocycles. The van der Waals surface area contributed by atoms with E-state index in [0.29, 0.717) is 0 Å². The highest BCUT2D eigenvalue weighted by atomic mass is 32.1. The summed E-state index contributed by atoms with van der Waals surface area (Å²) in [5.41, 5.74) is 14.5. The Morgan fingerprint density at radius 1 is 0.281 bits per heavy atom. The zero-order chi connectivity index (χ0) is 37.5.